The van der Waals surface area contributed by atoms with Crippen molar-refractivity contribution in [2.45, 2.75) is 187 Å². The van der Waals surface area contributed by atoms with E-state index in [4.69, 9.17) is 9.47 Å². The van der Waals surface area contributed by atoms with Crippen molar-refractivity contribution in [2.75, 3.05) is 39.5 Å². The smallest absolute Gasteiger partial charge is 0.0934 e. The van der Waals surface area contributed by atoms with Crippen LogP contribution in [-0.2, 0) is 9.47 Å². The van der Waals surface area contributed by atoms with Gasteiger partial charge in [0.1, 0.15) is 0 Å². The Hall–Kier alpha value is -1.16. The number of hydrogen-bond acceptors (Lipinski definition) is 3. The fourth-order valence-electron chi connectivity index (χ4n) is 6.15. The van der Waals surface area contributed by atoms with Crippen LogP contribution in [0.4, 0.5) is 0 Å². The van der Waals surface area contributed by atoms with E-state index in [0.717, 1.165) is 39.2 Å². The zero-order valence-corrected chi connectivity index (χ0v) is 31.1. The van der Waals surface area contributed by atoms with E-state index in [-0.39, 0.29) is 6.10 Å². The van der Waals surface area contributed by atoms with Gasteiger partial charge in [0.15, 0.2) is 0 Å². The first-order chi connectivity index (χ1) is 22.9. The lowest BCUT2D eigenvalue weighted by Crippen LogP contribution is -2.35. The van der Waals surface area contributed by atoms with E-state index in [1.165, 1.54) is 167 Å². The molecule has 1 heterocycles. The normalized spacial score (nSPS) is 15.2. The van der Waals surface area contributed by atoms with Crippen LogP contribution in [-0.4, -0.2) is 50.5 Å². The molecule has 0 radical (unpaired) electrons. The van der Waals surface area contributed by atoms with Gasteiger partial charge < -0.3 is 14.4 Å². The summed E-state index contributed by atoms with van der Waals surface area (Å²) in [7, 11) is 0. The van der Waals surface area contributed by atoms with Crippen molar-refractivity contribution in [1.82, 2.24) is 4.90 Å². The lowest BCUT2D eigenvalue weighted by atomic mass is 10.1. The summed E-state index contributed by atoms with van der Waals surface area (Å²) in [5.74, 6) is 0. The highest BCUT2D eigenvalue weighted by molar-refractivity contribution is 4.93. The number of unbranched alkanes of at least 4 members (excludes halogenated alkanes) is 18. The predicted octanol–water partition coefficient (Wildman–Crippen LogP) is 13.1. The first-order valence-corrected chi connectivity index (χ1v) is 20.4. The number of likely N-dealkylation sites (tertiary alicyclic amines) is 1. The third kappa shape index (κ3) is 31.4. The molecule has 1 fully saturated rings. The van der Waals surface area contributed by atoms with Gasteiger partial charge >= 0.3 is 0 Å². The Morgan fingerprint density at radius 2 is 0.891 bits per heavy atom. The minimum absolute atomic E-state index is 0.237. The van der Waals surface area contributed by atoms with E-state index in [0.29, 0.717) is 0 Å². The van der Waals surface area contributed by atoms with Gasteiger partial charge in [0.05, 0.1) is 12.7 Å². The molecule has 0 bridgehead atoms. The van der Waals surface area contributed by atoms with Gasteiger partial charge in [-0.15, -0.1) is 0 Å². The topological polar surface area (TPSA) is 21.7 Å². The molecule has 3 nitrogen and oxygen atoms in total. The van der Waals surface area contributed by atoms with Gasteiger partial charge in [0, 0.05) is 19.8 Å². The number of hydrogen-bond donors (Lipinski definition) is 0. The quantitative estimate of drug-likeness (QED) is 0.0508. The van der Waals surface area contributed by atoms with E-state index in [1.807, 2.05) is 0 Å². The monoisotopic (exact) mass is 642 g/mol. The van der Waals surface area contributed by atoms with Crippen LogP contribution in [0.2, 0.25) is 0 Å². The van der Waals surface area contributed by atoms with Crippen molar-refractivity contribution in [3.05, 3.63) is 48.6 Å². The van der Waals surface area contributed by atoms with E-state index in [9.17, 15) is 0 Å². The summed E-state index contributed by atoms with van der Waals surface area (Å²) in [5.41, 5.74) is 0. The molecule has 0 aromatic rings. The maximum absolute atomic E-state index is 6.37. The molecule has 0 spiro atoms. The molecule has 3 heteroatoms. The standard InChI is InChI=1S/C43H79NO2/c1-3-5-7-9-11-13-15-17-19-21-23-25-27-29-31-35-39-45-42-43(41-44-37-33-34-38-44)46-40-36-32-30-28-26-24-22-20-18-16-14-12-10-8-6-4-2/h11-14,17-20,43H,3-10,15-16,21-42H2,1-2H3/b13-11-,14-12+,19-17-,20-18+/t43-/m0/s1. The fourth-order valence-corrected chi connectivity index (χ4v) is 6.15. The highest BCUT2D eigenvalue weighted by atomic mass is 16.5. The molecule has 46 heavy (non-hydrogen) atoms. The number of rotatable bonds is 35. The summed E-state index contributed by atoms with van der Waals surface area (Å²) in [6.45, 7) is 10.6. The van der Waals surface area contributed by atoms with Gasteiger partial charge in [0.2, 0.25) is 0 Å². The zero-order chi connectivity index (χ0) is 32.9. The van der Waals surface area contributed by atoms with Crippen molar-refractivity contribution < 1.29 is 9.47 Å². The molecular formula is C43H79NO2. The second kappa shape index (κ2) is 36.7. The van der Waals surface area contributed by atoms with Crippen molar-refractivity contribution in [3.8, 4) is 0 Å². The first kappa shape index (κ1) is 42.9. The molecule has 1 saturated heterocycles. The van der Waals surface area contributed by atoms with Crippen LogP contribution >= 0.6 is 0 Å². The maximum atomic E-state index is 6.37. The summed E-state index contributed by atoms with van der Waals surface area (Å²) >= 11 is 0. The lowest BCUT2D eigenvalue weighted by molar-refractivity contribution is -0.0316. The van der Waals surface area contributed by atoms with Crippen LogP contribution in [0, 0.1) is 0 Å². The molecule has 0 unspecified atom stereocenters. The third-order valence-corrected chi connectivity index (χ3v) is 9.15. The minimum Gasteiger partial charge on any atom is -0.379 e. The SMILES string of the molecule is CCCCC/C=C\C/C=C\CCCCCCCCOC[C@H](CN1CCCC1)OCCCCCCCC/C=C/C/C=C/CCCCC. The Labute approximate surface area is 288 Å². The molecule has 268 valence electrons. The maximum Gasteiger partial charge on any atom is 0.0934 e. The Balaban J connectivity index is 1.97. The van der Waals surface area contributed by atoms with Crippen molar-refractivity contribution in [2.24, 2.45) is 0 Å². The molecule has 0 aromatic carbocycles. The van der Waals surface area contributed by atoms with Crippen LogP contribution < -0.4 is 0 Å². The second-order valence-corrected chi connectivity index (χ2v) is 13.7. The van der Waals surface area contributed by atoms with Crippen molar-refractivity contribution in [1.29, 1.82) is 0 Å². The van der Waals surface area contributed by atoms with Crippen LogP contribution in [0.25, 0.3) is 0 Å². The zero-order valence-electron chi connectivity index (χ0n) is 31.1. The minimum atomic E-state index is 0.237. The Morgan fingerprint density at radius 1 is 0.478 bits per heavy atom. The van der Waals surface area contributed by atoms with E-state index >= 15 is 0 Å². The predicted molar refractivity (Wildman–Crippen MR) is 205 cm³/mol. The van der Waals surface area contributed by atoms with Crippen molar-refractivity contribution >= 4 is 0 Å². The molecule has 0 amide bonds. The molecular weight excluding hydrogens is 562 g/mol. The van der Waals surface area contributed by atoms with Crippen LogP contribution in [0.1, 0.15) is 181 Å². The Bertz CT molecular complexity index is 706. The van der Waals surface area contributed by atoms with Crippen LogP contribution in [0.15, 0.2) is 48.6 Å². The summed E-state index contributed by atoms with van der Waals surface area (Å²) in [6.07, 6.45) is 52.7. The average molecular weight is 642 g/mol. The Morgan fingerprint density at radius 3 is 1.37 bits per heavy atom. The van der Waals surface area contributed by atoms with Gasteiger partial charge in [-0.3, -0.25) is 0 Å². The fraction of sp³-hybridized carbons (Fsp3) is 0.814. The van der Waals surface area contributed by atoms with E-state index in [1.54, 1.807) is 0 Å². The van der Waals surface area contributed by atoms with Crippen LogP contribution in [0.5, 0.6) is 0 Å². The summed E-state index contributed by atoms with van der Waals surface area (Å²) in [4.78, 5) is 2.58. The molecule has 0 saturated carbocycles. The second-order valence-electron chi connectivity index (χ2n) is 13.7. The van der Waals surface area contributed by atoms with Gasteiger partial charge in [-0.25, -0.2) is 0 Å². The molecule has 1 aliphatic rings. The van der Waals surface area contributed by atoms with Gasteiger partial charge in [-0.2, -0.15) is 0 Å². The van der Waals surface area contributed by atoms with Gasteiger partial charge in [-0.05, 0) is 103 Å². The first-order valence-electron chi connectivity index (χ1n) is 20.4. The Kier molecular flexibility index (Phi) is 34.2. The lowest BCUT2D eigenvalue weighted by Gasteiger charge is -2.24. The average Bonchev–Trinajstić information content (AvgIpc) is 3.58. The largest absolute Gasteiger partial charge is 0.379 e. The number of ether oxygens (including phenoxy) is 2. The third-order valence-electron chi connectivity index (χ3n) is 9.15. The van der Waals surface area contributed by atoms with Gasteiger partial charge in [0.25, 0.3) is 0 Å². The number of allylic oxidation sites excluding steroid dienone is 8. The molecule has 1 atom stereocenters. The van der Waals surface area contributed by atoms with Gasteiger partial charge in [-0.1, -0.05) is 140 Å². The highest BCUT2D eigenvalue weighted by Crippen LogP contribution is 2.13. The van der Waals surface area contributed by atoms with Crippen LogP contribution in [0.3, 0.4) is 0 Å². The van der Waals surface area contributed by atoms with E-state index < -0.39 is 0 Å². The summed E-state index contributed by atoms with van der Waals surface area (Å²) in [5, 5.41) is 0. The molecule has 0 aromatic heterocycles. The van der Waals surface area contributed by atoms with E-state index in [2.05, 4.69) is 67.4 Å². The summed E-state index contributed by atoms with van der Waals surface area (Å²) in [6, 6.07) is 0. The molecule has 0 aliphatic carbocycles. The molecule has 1 aliphatic heterocycles. The molecule has 1 rings (SSSR count). The summed E-state index contributed by atoms with van der Waals surface area (Å²) < 4.78 is 12.5. The molecule has 0 N–H and O–H groups in total. The number of nitrogens with zero attached hydrogens (tertiary/aromatic N) is 1. The highest BCUT2D eigenvalue weighted by Gasteiger charge is 2.18. The van der Waals surface area contributed by atoms with Crippen molar-refractivity contribution in [3.63, 3.8) is 0 Å².